The first-order valence-electron chi connectivity index (χ1n) is 7.61. The number of cyclic esters (lactones) is 1. The summed E-state index contributed by atoms with van der Waals surface area (Å²) in [5.74, 6) is -1.07. The molecule has 0 unspecified atom stereocenters. The van der Waals surface area contributed by atoms with E-state index >= 15 is 0 Å². The van der Waals surface area contributed by atoms with Gasteiger partial charge in [-0.2, -0.15) is 0 Å². The van der Waals surface area contributed by atoms with Crippen molar-refractivity contribution in [3.63, 3.8) is 0 Å². The molecule has 1 aromatic carbocycles. The van der Waals surface area contributed by atoms with E-state index in [0.29, 0.717) is 5.69 Å². The van der Waals surface area contributed by atoms with Crippen molar-refractivity contribution in [1.82, 2.24) is 10.5 Å². The molecule has 0 bridgehead atoms. The Morgan fingerprint density at radius 3 is 2.92 bits per heavy atom. The number of hydrogen-bond acceptors (Lipinski definition) is 8. The monoisotopic (exact) mass is 399 g/mol. The molecule has 0 radical (unpaired) electrons. The van der Waals surface area contributed by atoms with Gasteiger partial charge in [0.2, 0.25) is 0 Å². The number of nitrogens with zero attached hydrogens (tertiary/aromatic N) is 2. The van der Waals surface area contributed by atoms with Crippen LogP contribution in [0.2, 0.25) is 0 Å². The van der Waals surface area contributed by atoms with Crippen LogP contribution in [0.4, 0.5) is 10.5 Å². The van der Waals surface area contributed by atoms with Gasteiger partial charge in [0.25, 0.3) is 5.91 Å². The highest BCUT2D eigenvalue weighted by Crippen LogP contribution is 2.31. The van der Waals surface area contributed by atoms with Crippen LogP contribution in [0.25, 0.3) is 10.2 Å². The normalized spacial score (nSPS) is 20.0. The van der Waals surface area contributed by atoms with Crippen molar-refractivity contribution in [2.45, 2.75) is 24.2 Å². The predicted octanol–water partition coefficient (Wildman–Crippen LogP) is 1.32. The van der Waals surface area contributed by atoms with Crippen LogP contribution in [0.3, 0.4) is 0 Å². The highest BCUT2D eigenvalue weighted by atomic mass is 32.2. The van der Waals surface area contributed by atoms with Gasteiger partial charge in [0.05, 0.1) is 22.3 Å². The lowest BCUT2D eigenvalue weighted by Crippen LogP contribution is -2.51. The van der Waals surface area contributed by atoms with E-state index in [1.807, 2.05) is 0 Å². The molecule has 140 valence electrons. The van der Waals surface area contributed by atoms with Crippen molar-refractivity contribution in [3.8, 4) is 0 Å². The Morgan fingerprint density at radius 1 is 1.54 bits per heavy atom. The zero-order valence-corrected chi connectivity index (χ0v) is 15.6. The third kappa shape index (κ3) is 3.13. The molecule has 26 heavy (non-hydrogen) atoms. The van der Waals surface area contributed by atoms with Crippen LogP contribution >= 0.6 is 11.3 Å². The molecule has 2 heterocycles. The van der Waals surface area contributed by atoms with Gasteiger partial charge in [-0.3, -0.25) is 14.9 Å². The first-order chi connectivity index (χ1) is 12.2. The average molecular weight is 399 g/mol. The number of fused-ring (bicyclic) bond motifs is 1. The van der Waals surface area contributed by atoms with Gasteiger partial charge in [-0.05, 0) is 25.1 Å². The lowest BCUT2D eigenvalue weighted by atomic mass is 10.0. The Balaban J connectivity index is 1.83. The minimum absolute atomic E-state index is 0.0902. The first kappa shape index (κ1) is 18.5. The Kier molecular flexibility index (Phi) is 4.63. The van der Waals surface area contributed by atoms with Gasteiger partial charge in [-0.25, -0.2) is 23.7 Å². The molecule has 2 N–H and O–H groups in total. The van der Waals surface area contributed by atoms with Crippen molar-refractivity contribution in [2.24, 2.45) is 0 Å². The molecule has 1 aliphatic rings. The third-order valence-electron chi connectivity index (χ3n) is 4.52. The Labute approximate surface area is 153 Å². The number of benzene rings is 1. The SMILES string of the molecule is C[C@@](C[C@H]1CN(c2ccc3ncsc3c2)C(=O)O1)(C(=O)NO)S(C)(=O)=O. The maximum absolute atomic E-state index is 12.2. The average Bonchev–Trinajstić information content (AvgIpc) is 3.18. The Hall–Kier alpha value is -2.24. The lowest BCUT2D eigenvalue weighted by Gasteiger charge is -2.26. The summed E-state index contributed by atoms with van der Waals surface area (Å²) in [6.45, 7) is 1.28. The van der Waals surface area contributed by atoms with Crippen molar-refractivity contribution in [2.75, 3.05) is 17.7 Å². The van der Waals surface area contributed by atoms with E-state index in [4.69, 9.17) is 9.94 Å². The number of carbonyl (C=O) groups is 2. The maximum atomic E-state index is 12.2. The molecule has 0 aliphatic carbocycles. The van der Waals surface area contributed by atoms with Crippen LogP contribution in [-0.2, 0) is 19.4 Å². The summed E-state index contributed by atoms with van der Waals surface area (Å²) in [5.41, 5.74) is 4.49. The van der Waals surface area contributed by atoms with Gasteiger partial charge in [0, 0.05) is 18.4 Å². The number of ether oxygens (including phenoxy) is 1. The van der Waals surface area contributed by atoms with E-state index in [1.54, 1.807) is 23.7 Å². The van der Waals surface area contributed by atoms with Crippen LogP contribution < -0.4 is 10.4 Å². The molecule has 9 nitrogen and oxygen atoms in total. The Morgan fingerprint density at radius 2 is 2.27 bits per heavy atom. The highest BCUT2D eigenvalue weighted by Gasteiger charge is 2.48. The van der Waals surface area contributed by atoms with E-state index in [0.717, 1.165) is 16.5 Å². The third-order valence-corrected chi connectivity index (χ3v) is 7.30. The number of aromatic nitrogens is 1. The van der Waals surface area contributed by atoms with Crippen molar-refractivity contribution in [1.29, 1.82) is 0 Å². The zero-order chi connectivity index (χ0) is 19.1. The second-order valence-corrected chi connectivity index (χ2v) is 9.60. The second kappa shape index (κ2) is 6.49. The molecule has 0 saturated carbocycles. The quantitative estimate of drug-likeness (QED) is 0.573. The number of hydrogen-bond donors (Lipinski definition) is 2. The molecule has 2 amide bonds. The van der Waals surface area contributed by atoms with E-state index < -0.39 is 32.7 Å². The fourth-order valence-electron chi connectivity index (χ4n) is 2.82. The number of carbonyl (C=O) groups excluding carboxylic acids is 2. The molecule has 1 saturated heterocycles. The number of amides is 2. The van der Waals surface area contributed by atoms with Crippen molar-refractivity contribution < 1.29 is 28.0 Å². The topological polar surface area (TPSA) is 126 Å². The summed E-state index contributed by atoms with van der Waals surface area (Å²) in [7, 11) is -3.87. The molecule has 0 spiro atoms. The molecule has 3 rings (SSSR count). The van der Waals surface area contributed by atoms with Crippen molar-refractivity contribution in [3.05, 3.63) is 23.7 Å². The smallest absolute Gasteiger partial charge is 0.414 e. The van der Waals surface area contributed by atoms with Crippen LogP contribution in [0.15, 0.2) is 23.7 Å². The largest absolute Gasteiger partial charge is 0.444 e. The molecule has 2 aromatic rings. The summed E-state index contributed by atoms with van der Waals surface area (Å²) in [5, 5.41) is 8.88. The van der Waals surface area contributed by atoms with Crippen molar-refractivity contribution >= 4 is 49.1 Å². The zero-order valence-electron chi connectivity index (χ0n) is 14.0. The second-order valence-electron chi connectivity index (χ2n) is 6.27. The van der Waals surface area contributed by atoms with Crippen LogP contribution in [0.1, 0.15) is 13.3 Å². The summed E-state index contributed by atoms with van der Waals surface area (Å²) in [6, 6.07) is 5.30. The standard InChI is InChI=1S/C15H17N3O6S2/c1-15(13(19)17-21,26(2,22)23)6-10-7-18(14(20)24-10)9-3-4-11-12(5-9)25-8-16-11/h3-5,8,10,21H,6-7H2,1-2H3,(H,17,19)/t10-,15+/m0/s1. The van der Waals surface area contributed by atoms with E-state index in [2.05, 4.69) is 4.98 Å². The number of rotatable bonds is 5. The molecular weight excluding hydrogens is 382 g/mol. The molecule has 1 fully saturated rings. The van der Waals surface area contributed by atoms with Crippen LogP contribution in [0, 0.1) is 0 Å². The minimum atomic E-state index is -3.87. The summed E-state index contributed by atoms with van der Waals surface area (Å²) < 4.78 is 28.4. The molecule has 1 aromatic heterocycles. The number of nitrogens with one attached hydrogen (secondary N) is 1. The minimum Gasteiger partial charge on any atom is -0.444 e. The molecule has 1 aliphatic heterocycles. The van der Waals surface area contributed by atoms with Gasteiger partial charge in [0.15, 0.2) is 14.6 Å². The van der Waals surface area contributed by atoms with Gasteiger partial charge >= 0.3 is 6.09 Å². The number of hydroxylamine groups is 1. The van der Waals surface area contributed by atoms with Gasteiger partial charge in [-0.1, -0.05) is 0 Å². The fourth-order valence-corrected chi connectivity index (χ4v) is 4.40. The number of sulfone groups is 1. The molecule has 2 atom stereocenters. The lowest BCUT2D eigenvalue weighted by molar-refractivity contribution is -0.132. The van der Waals surface area contributed by atoms with Crippen LogP contribution in [0.5, 0.6) is 0 Å². The number of thiazole rings is 1. The van der Waals surface area contributed by atoms with Gasteiger partial charge < -0.3 is 4.74 Å². The highest BCUT2D eigenvalue weighted by molar-refractivity contribution is 7.92. The van der Waals surface area contributed by atoms with E-state index in [9.17, 15) is 18.0 Å². The summed E-state index contributed by atoms with van der Waals surface area (Å²) in [4.78, 5) is 29.7. The predicted molar refractivity (Wildman–Crippen MR) is 95.0 cm³/mol. The van der Waals surface area contributed by atoms with E-state index in [-0.39, 0.29) is 13.0 Å². The van der Waals surface area contributed by atoms with Gasteiger partial charge in [0.1, 0.15) is 6.10 Å². The van der Waals surface area contributed by atoms with Gasteiger partial charge in [-0.15, -0.1) is 11.3 Å². The fraction of sp³-hybridized carbons (Fsp3) is 0.400. The summed E-state index contributed by atoms with van der Waals surface area (Å²) in [6.07, 6.45) is -0.826. The van der Waals surface area contributed by atoms with E-state index in [1.165, 1.54) is 28.6 Å². The van der Waals surface area contributed by atoms with Crippen LogP contribution in [-0.4, -0.2) is 54.3 Å². The maximum Gasteiger partial charge on any atom is 0.414 e. The molecular formula is C15H17N3O6S2. The number of anilines is 1. The summed E-state index contributed by atoms with van der Waals surface area (Å²) >= 11 is 1.43. The Bertz CT molecular complexity index is 973. The molecule has 11 heteroatoms. The first-order valence-corrected chi connectivity index (χ1v) is 10.4.